The molecule has 2 aromatic carbocycles. The molecule has 1 aromatic heterocycles. The summed E-state index contributed by atoms with van der Waals surface area (Å²) in [7, 11) is 1.55. The molecule has 0 radical (unpaired) electrons. The number of fused-ring (bicyclic) bond motifs is 1. The number of aliphatic hydroxyl groups excluding tert-OH is 1. The van der Waals surface area contributed by atoms with E-state index in [0.29, 0.717) is 40.7 Å². The van der Waals surface area contributed by atoms with Gasteiger partial charge in [0.2, 0.25) is 5.91 Å². The van der Waals surface area contributed by atoms with Crippen LogP contribution in [-0.2, 0) is 4.79 Å². The van der Waals surface area contributed by atoms with Crippen molar-refractivity contribution in [3.8, 4) is 23.0 Å². The Morgan fingerprint density at radius 3 is 2.59 bits per heavy atom. The number of piperidine rings is 1. The predicted octanol–water partition coefficient (Wildman–Crippen LogP) is 4.24. The van der Waals surface area contributed by atoms with Gasteiger partial charge in [0.1, 0.15) is 5.75 Å². The van der Waals surface area contributed by atoms with E-state index in [1.807, 2.05) is 0 Å². The fraction of sp³-hybridized carbons (Fsp3) is 0.393. The average molecular weight is 557 g/mol. The van der Waals surface area contributed by atoms with Crippen LogP contribution in [0, 0.1) is 11.7 Å². The maximum Gasteiger partial charge on any atom is 0.230 e. The Hall–Kier alpha value is -3.54. The quantitative estimate of drug-likeness (QED) is 0.280. The summed E-state index contributed by atoms with van der Waals surface area (Å²) in [4.78, 5) is 19.7. The van der Waals surface area contributed by atoms with Crippen molar-refractivity contribution in [2.45, 2.75) is 26.2 Å². The van der Waals surface area contributed by atoms with Crippen LogP contribution >= 0.6 is 12.2 Å². The lowest BCUT2D eigenvalue weighted by Gasteiger charge is -2.30. The normalized spacial score (nSPS) is 14.3. The summed E-state index contributed by atoms with van der Waals surface area (Å²) in [5.41, 5.74) is 6.41. The van der Waals surface area contributed by atoms with Crippen LogP contribution in [0.5, 0.6) is 23.0 Å². The summed E-state index contributed by atoms with van der Waals surface area (Å²) in [5, 5.41) is 9.75. The molecule has 1 aliphatic heterocycles. The van der Waals surface area contributed by atoms with Gasteiger partial charge in [0.05, 0.1) is 24.9 Å². The maximum absolute atomic E-state index is 15.0. The number of nitrogens with zero attached hydrogens (tertiary/aromatic N) is 3. The number of ether oxygens (including phenoxy) is 3. The van der Waals surface area contributed by atoms with Crippen molar-refractivity contribution in [1.29, 1.82) is 0 Å². The number of nitrogens with two attached hydrogens (primary N) is 1. The Kier molecular flexibility index (Phi) is 9.50. The van der Waals surface area contributed by atoms with E-state index in [1.165, 1.54) is 19.1 Å². The van der Waals surface area contributed by atoms with Crippen molar-refractivity contribution in [1.82, 2.24) is 9.88 Å². The molecule has 0 aliphatic carbocycles. The van der Waals surface area contributed by atoms with Gasteiger partial charge >= 0.3 is 0 Å². The van der Waals surface area contributed by atoms with Crippen LogP contribution in [0.25, 0.3) is 10.9 Å². The molecule has 1 saturated heterocycles. The standard InChI is InChI=1S/C28H33FN4O5S/c1-18(35)33(28(30)39)20-4-5-25(22(29)14-20)38-24-6-9-31-23-16-27(26(36-2)15-21(23)24)37-13-3-10-32-11-7-19(17-34)8-12-32/h4-6,9,14-16,19,34H,3,7-8,10-13,17H2,1-2H3,(H2,30,39). The molecule has 1 fully saturated rings. The largest absolute Gasteiger partial charge is 0.493 e. The number of thiocarbonyl (C=S) groups is 1. The number of carbonyl (C=O) groups is 1. The first-order chi connectivity index (χ1) is 18.8. The number of pyridine rings is 1. The van der Waals surface area contributed by atoms with Crippen molar-refractivity contribution < 1.29 is 28.5 Å². The average Bonchev–Trinajstić information content (AvgIpc) is 2.92. The number of likely N-dealkylation sites (tertiary alicyclic amines) is 1. The van der Waals surface area contributed by atoms with Crippen LogP contribution in [-0.4, -0.2) is 66.0 Å². The Bertz CT molecular complexity index is 1320. The van der Waals surface area contributed by atoms with E-state index in [-0.39, 0.29) is 23.2 Å². The van der Waals surface area contributed by atoms with Crippen LogP contribution in [0.2, 0.25) is 0 Å². The molecular weight excluding hydrogens is 523 g/mol. The molecule has 3 N–H and O–H groups in total. The Morgan fingerprint density at radius 2 is 1.95 bits per heavy atom. The van der Waals surface area contributed by atoms with Crippen molar-refractivity contribution >= 4 is 39.8 Å². The van der Waals surface area contributed by atoms with Crippen molar-refractivity contribution in [3.05, 3.63) is 48.4 Å². The summed E-state index contributed by atoms with van der Waals surface area (Å²) in [6.45, 7) is 4.99. The molecule has 4 rings (SSSR count). The molecule has 208 valence electrons. The highest BCUT2D eigenvalue weighted by Gasteiger charge is 2.19. The number of hydrogen-bond donors (Lipinski definition) is 2. The van der Waals surface area contributed by atoms with Crippen LogP contribution in [0.3, 0.4) is 0 Å². The fourth-order valence-corrected chi connectivity index (χ4v) is 4.88. The number of aromatic nitrogens is 1. The molecule has 0 atom stereocenters. The fourth-order valence-electron chi connectivity index (χ4n) is 4.65. The van der Waals surface area contributed by atoms with E-state index in [0.717, 1.165) is 49.9 Å². The lowest BCUT2D eigenvalue weighted by molar-refractivity contribution is -0.115. The summed E-state index contributed by atoms with van der Waals surface area (Å²) < 4.78 is 32.5. The second-order valence-corrected chi connectivity index (χ2v) is 9.83. The van der Waals surface area contributed by atoms with Crippen LogP contribution < -0.4 is 24.8 Å². The van der Waals surface area contributed by atoms with Crippen LogP contribution in [0.4, 0.5) is 10.1 Å². The van der Waals surface area contributed by atoms with Crippen molar-refractivity contribution in [3.63, 3.8) is 0 Å². The van der Waals surface area contributed by atoms with Gasteiger partial charge < -0.3 is 30.0 Å². The van der Waals surface area contributed by atoms with Gasteiger partial charge in [-0.3, -0.25) is 14.7 Å². The Morgan fingerprint density at radius 1 is 1.18 bits per heavy atom. The molecule has 2 heterocycles. The van der Waals surface area contributed by atoms with Gasteiger partial charge in [-0.1, -0.05) is 0 Å². The van der Waals surface area contributed by atoms with Crippen LogP contribution in [0.1, 0.15) is 26.2 Å². The zero-order valence-corrected chi connectivity index (χ0v) is 22.9. The number of carbonyl (C=O) groups excluding carboxylic acids is 1. The third kappa shape index (κ3) is 6.92. The van der Waals surface area contributed by atoms with Crippen molar-refractivity contribution in [2.75, 3.05) is 44.9 Å². The highest BCUT2D eigenvalue weighted by atomic mass is 32.1. The minimum Gasteiger partial charge on any atom is -0.493 e. The zero-order valence-electron chi connectivity index (χ0n) is 22.1. The number of aliphatic hydroxyl groups is 1. The lowest BCUT2D eigenvalue weighted by atomic mass is 9.98. The minimum absolute atomic E-state index is 0.0417. The maximum atomic E-state index is 15.0. The van der Waals surface area contributed by atoms with Gasteiger partial charge in [0.25, 0.3) is 0 Å². The van der Waals surface area contributed by atoms with E-state index >= 15 is 0 Å². The summed E-state index contributed by atoms with van der Waals surface area (Å²) >= 11 is 4.90. The number of halogens is 1. The molecule has 0 spiro atoms. The monoisotopic (exact) mass is 556 g/mol. The number of rotatable bonds is 10. The highest BCUT2D eigenvalue weighted by molar-refractivity contribution is 7.80. The molecule has 0 unspecified atom stereocenters. The first kappa shape index (κ1) is 28.5. The smallest absolute Gasteiger partial charge is 0.230 e. The van der Waals surface area contributed by atoms with Gasteiger partial charge in [0, 0.05) is 43.8 Å². The highest BCUT2D eigenvalue weighted by Crippen LogP contribution is 2.38. The SMILES string of the molecule is COc1cc2c(Oc3ccc(N(C(C)=O)C(N)=S)cc3F)ccnc2cc1OCCCN1CCC(CO)CC1. The third-order valence-electron chi connectivity index (χ3n) is 6.76. The zero-order chi connectivity index (χ0) is 27.9. The second kappa shape index (κ2) is 13.0. The molecule has 11 heteroatoms. The van der Waals surface area contributed by atoms with Crippen molar-refractivity contribution in [2.24, 2.45) is 11.7 Å². The molecule has 0 saturated carbocycles. The van der Waals surface area contributed by atoms with Gasteiger partial charge in [0.15, 0.2) is 28.2 Å². The topological polar surface area (TPSA) is 110 Å². The molecule has 3 aromatic rings. The van der Waals surface area contributed by atoms with E-state index < -0.39 is 11.7 Å². The number of hydrogen-bond acceptors (Lipinski definition) is 8. The van der Waals surface area contributed by atoms with E-state index in [4.69, 9.17) is 32.2 Å². The number of methoxy groups -OCH3 is 1. The van der Waals surface area contributed by atoms with E-state index in [1.54, 1.807) is 31.5 Å². The van der Waals surface area contributed by atoms with Gasteiger partial charge in [-0.2, -0.15) is 0 Å². The summed E-state index contributed by atoms with van der Waals surface area (Å²) in [5.74, 6) is 0.708. The van der Waals surface area contributed by atoms with Crippen LogP contribution in [0.15, 0.2) is 42.6 Å². The molecule has 39 heavy (non-hydrogen) atoms. The van der Waals surface area contributed by atoms with Gasteiger partial charge in [-0.05, 0) is 74.8 Å². The Balaban J connectivity index is 1.46. The number of benzene rings is 2. The minimum atomic E-state index is -0.688. The molecular formula is C28H33FN4O5S. The first-order valence-electron chi connectivity index (χ1n) is 12.8. The number of amides is 1. The molecule has 1 aliphatic rings. The third-order valence-corrected chi connectivity index (χ3v) is 6.94. The predicted molar refractivity (Wildman–Crippen MR) is 151 cm³/mol. The molecule has 0 bridgehead atoms. The van der Waals surface area contributed by atoms with Gasteiger partial charge in [-0.15, -0.1) is 0 Å². The molecule has 1 amide bonds. The Labute approximate surface area is 232 Å². The summed E-state index contributed by atoms with van der Waals surface area (Å²) in [6, 6.07) is 9.21. The molecule has 9 nitrogen and oxygen atoms in total. The lowest BCUT2D eigenvalue weighted by Crippen LogP contribution is -2.39. The van der Waals surface area contributed by atoms with Gasteiger partial charge in [-0.25, -0.2) is 4.39 Å². The second-order valence-electron chi connectivity index (χ2n) is 9.41. The van der Waals surface area contributed by atoms with E-state index in [9.17, 15) is 14.3 Å². The summed E-state index contributed by atoms with van der Waals surface area (Å²) in [6.07, 6.45) is 4.48. The first-order valence-corrected chi connectivity index (χ1v) is 13.2. The number of anilines is 1. The van der Waals surface area contributed by atoms with E-state index in [2.05, 4.69) is 9.88 Å².